The first kappa shape index (κ1) is 61.3. The highest BCUT2D eigenvalue weighted by molar-refractivity contribution is 8.76. The van der Waals surface area contributed by atoms with Gasteiger partial charge in [0.25, 0.3) is 0 Å². The highest BCUT2D eigenvalue weighted by Crippen LogP contribution is 2.26. The van der Waals surface area contributed by atoms with Crippen molar-refractivity contribution in [1.29, 1.82) is 0 Å². The van der Waals surface area contributed by atoms with E-state index in [0.29, 0.717) is 19.3 Å². The Morgan fingerprint density at radius 3 is 2.04 bits per heavy atom. The van der Waals surface area contributed by atoms with Crippen LogP contribution >= 0.6 is 21.6 Å². The first-order valence-electron chi connectivity index (χ1n) is 23.2. The SMILES string of the molecule is CC(C)C[C@H](NC(=O)[C@H](CCCCN)NC(=O)[C@H](C)NC(=O)[C@@H](N)CO)C(=O)N[C@H]1CSSC[C@@H](C(=O)N[C@H](C(=O)O)C(C)C)NC(=O)[C@H](CC(N)=O)NC(=O)CNC(=O)CNC(=O)C2CCCN2C1=O. The molecule has 2 heterocycles. The maximum atomic E-state index is 14.5. The van der Waals surface area contributed by atoms with Crippen LogP contribution in [0, 0.1) is 11.8 Å². The van der Waals surface area contributed by atoms with Crippen LogP contribution < -0.4 is 65.1 Å². The lowest BCUT2D eigenvalue weighted by atomic mass is 10.0. The van der Waals surface area contributed by atoms with E-state index in [1.807, 2.05) is 0 Å². The van der Waals surface area contributed by atoms with Crippen LogP contribution in [-0.4, -0.2) is 185 Å². The maximum Gasteiger partial charge on any atom is 0.326 e. The molecular formula is C42H71N13O14S2. The van der Waals surface area contributed by atoms with Crippen molar-refractivity contribution in [2.24, 2.45) is 29.0 Å². The smallest absolute Gasteiger partial charge is 0.326 e. The molecule has 0 aliphatic carbocycles. The molecule has 2 rings (SSSR count). The Balaban J connectivity index is 2.55. The number of nitrogens with one attached hydrogen (secondary N) is 9. The lowest BCUT2D eigenvalue weighted by Gasteiger charge is -2.30. The summed E-state index contributed by atoms with van der Waals surface area (Å²) in [5, 5.41) is 41.1. The third-order valence-electron chi connectivity index (χ3n) is 11.0. The lowest BCUT2D eigenvalue weighted by Crippen LogP contribution is -2.60. The number of hydrogen-bond acceptors (Lipinski definition) is 17. The van der Waals surface area contributed by atoms with Gasteiger partial charge < -0.3 is 80.2 Å². The van der Waals surface area contributed by atoms with E-state index in [0.717, 1.165) is 21.6 Å². The quantitative estimate of drug-likeness (QED) is 0.0376. The van der Waals surface area contributed by atoms with Crippen LogP contribution in [0.1, 0.15) is 79.6 Å². The minimum Gasteiger partial charge on any atom is -0.480 e. The number of rotatable bonds is 21. The fraction of sp³-hybridized carbons (Fsp3) is 0.714. The van der Waals surface area contributed by atoms with Gasteiger partial charge in [-0.2, -0.15) is 0 Å². The largest absolute Gasteiger partial charge is 0.480 e. The lowest BCUT2D eigenvalue weighted by molar-refractivity contribution is -0.143. The van der Waals surface area contributed by atoms with Gasteiger partial charge >= 0.3 is 5.97 Å². The number of nitrogens with zero attached hydrogens (tertiary/aromatic N) is 1. The molecule has 1 unspecified atom stereocenters. The number of aliphatic hydroxyl groups is 1. The molecule has 71 heavy (non-hydrogen) atoms. The van der Waals surface area contributed by atoms with E-state index in [9.17, 15) is 67.7 Å². The van der Waals surface area contributed by atoms with Gasteiger partial charge in [0.2, 0.25) is 65.0 Å². The minimum absolute atomic E-state index is 0.0353. The number of hydrogen-bond donors (Lipinski definition) is 14. The van der Waals surface area contributed by atoms with Crippen molar-refractivity contribution < 1.29 is 67.7 Å². The van der Waals surface area contributed by atoms with E-state index < -0.39 is 157 Å². The number of nitrogens with two attached hydrogens (primary N) is 3. The standard InChI is InChI=1S/C42H71N13O14S2/c1-20(2)13-25(51-36(62)24(9-6-7-11-43)50-34(60)22(5)48-35(61)23(44)17-56)37(63)53-28-19-71-70-18-27(39(65)54-33(21(3)4)42(68)69)52-38(64)26(14-30(45)57)49-32(59)16-46-31(58)15-47-40(66)29-10-8-12-55(29)41(28)67/h20-29,33,56H,6-19,43-44H2,1-5H3,(H2,45,57)(H,46,58)(H,47,66)(H,48,61)(H,49,59)(H,50,60)(H,51,62)(H,52,64)(H,53,63)(H,54,65)(H,68,69)/t22-,23-,24-,25-,26-,27-,28-,29?,33-/m0/s1. The maximum absolute atomic E-state index is 14.5. The van der Waals surface area contributed by atoms with Crippen LogP contribution in [0.2, 0.25) is 0 Å². The fourth-order valence-electron chi connectivity index (χ4n) is 7.09. The summed E-state index contributed by atoms with van der Waals surface area (Å²) in [6.45, 7) is 6.26. The molecule has 2 fully saturated rings. The molecule has 9 atom stereocenters. The van der Waals surface area contributed by atoms with E-state index in [4.69, 9.17) is 17.2 Å². The first-order chi connectivity index (χ1) is 33.4. The molecule has 0 aromatic carbocycles. The zero-order chi connectivity index (χ0) is 53.5. The number of aliphatic carboxylic acids is 1. The van der Waals surface area contributed by atoms with Gasteiger partial charge in [-0.15, -0.1) is 0 Å². The molecule has 29 heteroatoms. The Labute approximate surface area is 419 Å². The van der Waals surface area contributed by atoms with Gasteiger partial charge in [-0.05, 0) is 63.8 Å². The molecule has 2 aliphatic rings. The second-order valence-corrected chi connectivity index (χ2v) is 20.3. The number of unbranched alkanes of at least 4 members (excludes halogenated alkanes) is 1. The third kappa shape index (κ3) is 21.2. The zero-order valence-corrected chi connectivity index (χ0v) is 42.2. The molecule has 400 valence electrons. The Morgan fingerprint density at radius 2 is 1.44 bits per heavy atom. The highest BCUT2D eigenvalue weighted by Gasteiger charge is 2.40. The second-order valence-electron chi connectivity index (χ2n) is 17.8. The van der Waals surface area contributed by atoms with Crippen LogP contribution in [0.3, 0.4) is 0 Å². The fourth-order valence-corrected chi connectivity index (χ4v) is 9.41. The molecule has 0 bridgehead atoms. The average Bonchev–Trinajstić information content (AvgIpc) is 3.80. The van der Waals surface area contributed by atoms with Crippen molar-refractivity contribution in [3.8, 4) is 0 Å². The van der Waals surface area contributed by atoms with Crippen molar-refractivity contribution >= 4 is 92.5 Å². The van der Waals surface area contributed by atoms with Crippen LogP contribution in [0.4, 0.5) is 0 Å². The summed E-state index contributed by atoms with van der Waals surface area (Å²) in [6, 6.07) is -12.1. The number of primary amides is 1. The predicted octanol–water partition coefficient (Wildman–Crippen LogP) is -5.87. The van der Waals surface area contributed by atoms with E-state index in [1.165, 1.54) is 25.7 Å². The summed E-state index contributed by atoms with van der Waals surface area (Å²) in [6.07, 6.45) is 0.748. The number of carboxylic acids is 1. The second kappa shape index (κ2) is 30.8. The number of carbonyl (C=O) groups is 12. The molecule has 11 amide bonds. The molecule has 0 aromatic rings. The molecule has 2 aliphatic heterocycles. The molecule has 27 nitrogen and oxygen atoms in total. The van der Waals surface area contributed by atoms with Gasteiger partial charge in [0, 0.05) is 18.1 Å². The molecule has 0 spiro atoms. The summed E-state index contributed by atoms with van der Waals surface area (Å²) in [5.74, 6) is -12.3. The summed E-state index contributed by atoms with van der Waals surface area (Å²) in [5.41, 5.74) is 16.6. The summed E-state index contributed by atoms with van der Waals surface area (Å²) in [7, 11) is 1.86. The summed E-state index contributed by atoms with van der Waals surface area (Å²) in [4.78, 5) is 160. The van der Waals surface area contributed by atoms with E-state index in [2.05, 4.69) is 47.9 Å². The third-order valence-corrected chi connectivity index (χ3v) is 13.4. The first-order valence-corrected chi connectivity index (χ1v) is 25.7. The number of carbonyl (C=O) groups excluding carboxylic acids is 11. The topological polar surface area (TPSA) is 435 Å². The molecule has 0 saturated carbocycles. The monoisotopic (exact) mass is 1050 g/mol. The van der Waals surface area contributed by atoms with Crippen molar-refractivity contribution in [1.82, 2.24) is 52.8 Å². The highest BCUT2D eigenvalue weighted by atomic mass is 33.1. The average molecular weight is 1050 g/mol. The Hall–Kier alpha value is -5.78. The summed E-state index contributed by atoms with van der Waals surface area (Å²) >= 11 is 0. The van der Waals surface area contributed by atoms with Crippen molar-refractivity contribution in [2.45, 2.75) is 134 Å². The molecular weight excluding hydrogens is 975 g/mol. The number of amides is 11. The summed E-state index contributed by atoms with van der Waals surface area (Å²) < 4.78 is 0. The molecule has 0 radical (unpaired) electrons. The molecule has 0 aromatic heterocycles. The number of aliphatic hydroxyl groups excluding tert-OH is 1. The molecule has 17 N–H and O–H groups in total. The van der Waals surface area contributed by atoms with Crippen molar-refractivity contribution in [3.05, 3.63) is 0 Å². The van der Waals surface area contributed by atoms with Gasteiger partial charge in [0.05, 0.1) is 26.1 Å². The van der Waals surface area contributed by atoms with Crippen molar-refractivity contribution in [2.75, 3.05) is 44.3 Å². The normalized spacial score (nSPS) is 21.9. The van der Waals surface area contributed by atoms with Gasteiger partial charge in [0.1, 0.15) is 54.4 Å². The van der Waals surface area contributed by atoms with Gasteiger partial charge in [0.15, 0.2) is 0 Å². The van der Waals surface area contributed by atoms with Crippen LogP contribution in [0.15, 0.2) is 0 Å². The van der Waals surface area contributed by atoms with Crippen LogP contribution in [-0.2, 0) is 57.5 Å². The Kier molecular flexibility index (Phi) is 26.6. The van der Waals surface area contributed by atoms with E-state index in [1.54, 1.807) is 13.8 Å². The van der Waals surface area contributed by atoms with Crippen LogP contribution in [0.25, 0.3) is 0 Å². The number of fused-ring (bicyclic) bond motifs is 1. The van der Waals surface area contributed by atoms with E-state index in [-0.39, 0.29) is 49.8 Å². The van der Waals surface area contributed by atoms with Crippen molar-refractivity contribution in [3.63, 3.8) is 0 Å². The predicted molar refractivity (Wildman–Crippen MR) is 259 cm³/mol. The van der Waals surface area contributed by atoms with Crippen LogP contribution in [0.5, 0.6) is 0 Å². The van der Waals surface area contributed by atoms with Gasteiger partial charge in [-0.1, -0.05) is 49.3 Å². The molecule has 2 saturated heterocycles. The van der Waals surface area contributed by atoms with E-state index >= 15 is 0 Å². The zero-order valence-electron chi connectivity index (χ0n) is 40.5. The number of carboxylic acid groups (broad SMARTS) is 1. The Morgan fingerprint density at radius 1 is 0.789 bits per heavy atom. The van der Waals surface area contributed by atoms with Gasteiger partial charge in [-0.25, -0.2) is 4.79 Å². The van der Waals surface area contributed by atoms with Gasteiger partial charge in [-0.3, -0.25) is 52.7 Å². The Bertz CT molecular complexity index is 1930. The minimum atomic E-state index is -1.66.